The van der Waals surface area contributed by atoms with E-state index in [9.17, 15) is 4.79 Å². The van der Waals surface area contributed by atoms with Gasteiger partial charge >= 0.3 is 0 Å². The number of halogens is 1. The third-order valence-electron chi connectivity index (χ3n) is 4.47. The van der Waals surface area contributed by atoms with Crippen LogP contribution in [0.2, 0.25) is 5.02 Å². The SMILES string of the molecule is Cc1ccc(C)c(N(C)C(=O)C2CC2c2ccccc2Cl)c1. The van der Waals surface area contributed by atoms with Gasteiger partial charge in [-0.15, -0.1) is 0 Å². The van der Waals surface area contributed by atoms with Gasteiger partial charge in [0.2, 0.25) is 5.91 Å². The highest BCUT2D eigenvalue weighted by molar-refractivity contribution is 6.31. The number of carbonyl (C=O) groups excluding carboxylic acids is 1. The number of benzene rings is 2. The second kappa shape index (κ2) is 5.77. The third kappa shape index (κ3) is 2.76. The van der Waals surface area contributed by atoms with Gasteiger partial charge in [0.05, 0.1) is 0 Å². The summed E-state index contributed by atoms with van der Waals surface area (Å²) in [5, 5.41) is 0.761. The first kappa shape index (κ1) is 15.1. The summed E-state index contributed by atoms with van der Waals surface area (Å²) in [6.07, 6.45) is 0.887. The van der Waals surface area contributed by atoms with Gasteiger partial charge in [0, 0.05) is 23.7 Å². The van der Waals surface area contributed by atoms with E-state index in [-0.39, 0.29) is 17.7 Å². The molecule has 2 aromatic carbocycles. The second-order valence-electron chi connectivity index (χ2n) is 6.16. The Morgan fingerprint density at radius 3 is 2.64 bits per heavy atom. The molecule has 0 bridgehead atoms. The molecule has 1 amide bonds. The van der Waals surface area contributed by atoms with Crippen LogP contribution in [0, 0.1) is 19.8 Å². The van der Waals surface area contributed by atoms with E-state index in [1.165, 1.54) is 5.56 Å². The molecule has 22 heavy (non-hydrogen) atoms. The Hall–Kier alpha value is -1.80. The minimum atomic E-state index is 0.0461. The summed E-state index contributed by atoms with van der Waals surface area (Å²) >= 11 is 6.25. The molecular weight excluding hydrogens is 294 g/mol. The van der Waals surface area contributed by atoms with Crippen molar-refractivity contribution in [2.24, 2.45) is 5.92 Å². The van der Waals surface area contributed by atoms with Crippen LogP contribution in [-0.4, -0.2) is 13.0 Å². The van der Waals surface area contributed by atoms with Crippen LogP contribution < -0.4 is 4.90 Å². The zero-order valence-corrected chi connectivity index (χ0v) is 13.9. The van der Waals surface area contributed by atoms with Crippen molar-refractivity contribution in [1.29, 1.82) is 0 Å². The first-order valence-electron chi connectivity index (χ1n) is 7.58. The highest BCUT2D eigenvalue weighted by atomic mass is 35.5. The Bertz CT molecular complexity index is 725. The van der Waals surface area contributed by atoms with Crippen molar-refractivity contribution in [3.63, 3.8) is 0 Å². The molecule has 1 aliphatic rings. The predicted octanol–water partition coefficient (Wildman–Crippen LogP) is 4.72. The van der Waals surface area contributed by atoms with Gasteiger partial charge in [0.1, 0.15) is 0 Å². The molecule has 0 N–H and O–H groups in total. The van der Waals surface area contributed by atoms with Gasteiger partial charge in [0.25, 0.3) is 0 Å². The summed E-state index contributed by atoms with van der Waals surface area (Å²) < 4.78 is 0. The molecule has 1 saturated carbocycles. The van der Waals surface area contributed by atoms with Crippen LogP contribution in [-0.2, 0) is 4.79 Å². The monoisotopic (exact) mass is 313 g/mol. The van der Waals surface area contributed by atoms with E-state index in [4.69, 9.17) is 11.6 Å². The Kier molecular flexibility index (Phi) is 3.96. The first-order chi connectivity index (χ1) is 10.5. The standard InChI is InChI=1S/C19H20ClNO/c1-12-8-9-13(2)18(10-12)21(3)19(22)16-11-15(16)14-6-4-5-7-17(14)20/h4-10,15-16H,11H2,1-3H3. The minimum Gasteiger partial charge on any atom is -0.315 e. The lowest BCUT2D eigenvalue weighted by molar-refractivity contribution is -0.119. The van der Waals surface area contributed by atoms with Crippen molar-refractivity contribution in [2.75, 3.05) is 11.9 Å². The molecule has 3 rings (SSSR count). The lowest BCUT2D eigenvalue weighted by atomic mass is 10.1. The molecule has 0 aromatic heterocycles. The molecule has 0 heterocycles. The molecule has 2 aromatic rings. The average molecular weight is 314 g/mol. The quantitative estimate of drug-likeness (QED) is 0.802. The lowest BCUT2D eigenvalue weighted by Crippen LogP contribution is -2.28. The van der Waals surface area contributed by atoms with Crippen LogP contribution in [0.5, 0.6) is 0 Å². The highest BCUT2D eigenvalue weighted by Crippen LogP contribution is 2.50. The third-order valence-corrected chi connectivity index (χ3v) is 4.81. The molecule has 114 valence electrons. The fourth-order valence-electron chi connectivity index (χ4n) is 3.04. The molecule has 0 spiro atoms. The Morgan fingerprint density at radius 1 is 1.18 bits per heavy atom. The van der Waals surface area contributed by atoms with Crippen LogP contribution in [0.25, 0.3) is 0 Å². The number of anilines is 1. The van der Waals surface area contributed by atoms with E-state index >= 15 is 0 Å². The summed E-state index contributed by atoms with van der Waals surface area (Å²) in [6.45, 7) is 4.09. The molecule has 0 saturated heterocycles. The summed E-state index contributed by atoms with van der Waals surface area (Å²) in [4.78, 5) is 14.5. The average Bonchev–Trinajstić information content (AvgIpc) is 3.29. The predicted molar refractivity (Wildman–Crippen MR) is 91.6 cm³/mol. The van der Waals surface area contributed by atoms with Crippen molar-refractivity contribution in [1.82, 2.24) is 0 Å². The van der Waals surface area contributed by atoms with Gasteiger partial charge in [-0.2, -0.15) is 0 Å². The molecule has 1 aliphatic carbocycles. The van der Waals surface area contributed by atoms with E-state index < -0.39 is 0 Å². The minimum absolute atomic E-state index is 0.0461. The van der Waals surface area contributed by atoms with Crippen molar-refractivity contribution in [3.8, 4) is 0 Å². The maximum atomic E-state index is 12.7. The number of nitrogens with zero attached hydrogens (tertiary/aromatic N) is 1. The van der Waals surface area contributed by atoms with Gasteiger partial charge < -0.3 is 4.90 Å². The van der Waals surface area contributed by atoms with Gasteiger partial charge in [-0.1, -0.05) is 41.9 Å². The first-order valence-corrected chi connectivity index (χ1v) is 7.96. The Labute approximate surface area is 136 Å². The maximum absolute atomic E-state index is 12.7. The molecular formula is C19H20ClNO. The zero-order chi connectivity index (χ0) is 15.9. The normalized spacial score (nSPS) is 19.8. The lowest BCUT2D eigenvalue weighted by Gasteiger charge is -2.20. The summed E-state index contributed by atoms with van der Waals surface area (Å²) in [5.74, 6) is 0.484. The van der Waals surface area contributed by atoms with Crippen LogP contribution in [0.15, 0.2) is 42.5 Å². The van der Waals surface area contributed by atoms with E-state index in [0.717, 1.165) is 28.3 Å². The number of amides is 1. The molecule has 1 fully saturated rings. The van der Waals surface area contributed by atoms with Gasteiger partial charge in [-0.25, -0.2) is 0 Å². The largest absolute Gasteiger partial charge is 0.315 e. The van der Waals surface area contributed by atoms with E-state index in [0.29, 0.717) is 0 Å². The zero-order valence-electron chi connectivity index (χ0n) is 13.1. The summed E-state index contributed by atoms with van der Waals surface area (Å²) in [7, 11) is 1.87. The fourth-order valence-corrected chi connectivity index (χ4v) is 3.31. The summed E-state index contributed by atoms with van der Waals surface area (Å²) in [6, 6.07) is 14.0. The summed E-state index contributed by atoms with van der Waals surface area (Å²) in [5.41, 5.74) is 4.38. The molecule has 3 heteroatoms. The van der Waals surface area contributed by atoms with E-state index in [1.54, 1.807) is 4.90 Å². The number of hydrogen-bond donors (Lipinski definition) is 0. The van der Waals surface area contributed by atoms with Crippen molar-refractivity contribution < 1.29 is 4.79 Å². The number of hydrogen-bond acceptors (Lipinski definition) is 1. The molecule has 2 atom stereocenters. The van der Waals surface area contributed by atoms with Crippen molar-refractivity contribution >= 4 is 23.2 Å². The highest BCUT2D eigenvalue weighted by Gasteiger charge is 2.46. The maximum Gasteiger partial charge on any atom is 0.230 e. The van der Waals surface area contributed by atoms with Gasteiger partial charge in [-0.05, 0) is 55.0 Å². The topological polar surface area (TPSA) is 20.3 Å². The van der Waals surface area contributed by atoms with Crippen molar-refractivity contribution in [3.05, 3.63) is 64.2 Å². The van der Waals surface area contributed by atoms with E-state index in [1.807, 2.05) is 45.2 Å². The van der Waals surface area contributed by atoms with Gasteiger partial charge in [0.15, 0.2) is 0 Å². The van der Waals surface area contributed by atoms with Crippen LogP contribution in [0.1, 0.15) is 29.0 Å². The van der Waals surface area contributed by atoms with Crippen LogP contribution in [0.3, 0.4) is 0 Å². The number of carbonyl (C=O) groups is 1. The van der Waals surface area contributed by atoms with Crippen LogP contribution in [0.4, 0.5) is 5.69 Å². The number of rotatable bonds is 3. The smallest absolute Gasteiger partial charge is 0.230 e. The van der Waals surface area contributed by atoms with Gasteiger partial charge in [-0.3, -0.25) is 4.79 Å². The molecule has 0 aliphatic heterocycles. The van der Waals surface area contributed by atoms with Crippen LogP contribution >= 0.6 is 11.6 Å². The second-order valence-corrected chi connectivity index (χ2v) is 6.56. The molecule has 0 radical (unpaired) electrons. The van der Waals surface area contributed by atoms with E-state index in [2.05, 4.69) is 18.2 Å². The fraction of sp³-hybridized carbons (Fsp3) is 0.316. The Morgan fingerprint density at radius 2 is 1.91 bits per heavy atom. The van der Waals surface area contributed by atoms with Crippen molar-refractivity contribution in [2.45, 2.75) is 26.2 Å². The number of aryl methyl sites for hydroxylation is 2. The molecule has 2 nitrogen and oxygen atoms in total. The molecule has 2 unspecified atom stereocenters. The Balaban J connectivity index is 1.78.